The van der Waals surface area contributed by atoms with Crippen LogP contribution in [0.4, 0.5) is 0 Å². The number of nitrogens with zero attached hydrogens (tertiary/aromatic N) is 3. The van der Waals surface area contributed by atoms with E-state index >= 15 is 0 Å². The van der Waals surface area contributed by atoms with Gasteiger partial charge in [-0.05, 0) is 44.9 Å². The van der Waals surface area contributed by atoms with Gasteiger partial charge in [-0.25, -0.2) is 0 Å². The largest absolute Gasteiger partial charge is 0.419 e. The molecule has 21 heavy (non-hydrogen) atoms. The Morgan fingerprint density at radius 3 is 2.62 bits per heavy atom. The molecule has 2 aromatic rings. The lowest BCUT2D eigenvalue weighted by molar-refractivity contribution is 0.197. The van der Waals surface area contributed by atoms with Gasteiger partial charge in [-0.1, -0.05) is 17.7 Å². The first-order valence-electron chi connectivity index (χ1n) is 7.47. The third-order valence-electron chi connectivity index (χ3n) is 4.12. The first-order valence-corrected chi connectivity index (χ1v) is 7.47. The molecule has 1 aromatic heterocycles. The highest BCUT2D eigenvalue weighted by Crippen LogP contribution is 2.34. The number of hydrogen-bond donors (Lipinski definition) is 1. The second-order valence-corrected chi connectivity index (χ2v) is 5.92. The van der Waals surface area contributed by atoms with Crippen LogP contribution in [0.25, 0.3) is 11.5 Å². The van der Waals surface area contributed by atoms with E-state index in [0.29, 0.717) is 30.9 Å². The molecule has 112 valence electrons. The SMILES string of the molecule is Cc1ccc(-c2nnc(CN(C)C(CN)C3CC3)o2)cc1. The first kappa shape index (κ1) is 14.2. The molecule has 1 heterocycles. The van der Waals surface area contributed by atoms with Gasteiger partial charge < -0.3 is 10.2 Å². The molecule has 0 spiro atoms. The predicted octanol–water partition coefficient (Wildman–Crippen LogP) is 2.21. The van der Waals surface area contributed by atoms with Crippen LogP contribution in [-0.2, 0) is 6.54 Å². The quantitative estimate of drug-likeness (QED) is 0.882. The number of likely N-dealkylation sites (N-methyl/N-ethyl adjacent to an activating group) is 1. The second-order valence-electron chi connectivity index (χ2n) is 5.92. The van der Waals surface area contributed by atoms with Crippen LogP contribution in [0.2, 0.25) is 0 Å². The molecular formula is C16H22N4O. The van der Waals surface area contributed by atoms with E-state index in [1.165, 1.54) is 18.4 Å². The van der Waals surface area contributed by atoms with Crippen molar-refractivity contribution in [3.63, 3.8) is 0 Å². The van der Waals surface area contributed by atoms with Gasteiger partial charge in [-0.15, -0.1) is 10.2 Å². The van der Waals surface area contributed by atoms with Crippen LogP contribution < -0.4 is 5.73 Å². The van der Waals surface area contributed by atoms with E-state index < -0.39 is 0 Å². The minimum absolute atomic E-state index is 0.416. The number of benzene rings is 1. The van der Waals surface area contributed by atoms with Gasteiger partial charge in [0.15, 0.2) is 0 Å². The van der Waals surface area contributed by atoms with Crippen molar-refractivity contribution in [2.24, 2.45) is 11.7 Å². The van der Waals surface area contributed by atoms with E-state index in [4.69, 9.17) is 10.2 Å². The molecule has 0 bridgehead atoms. The monoisotopic (exact) mass is 286 g/mol. The third-order valence-corrected chi connectivity index (χ3v) is 4.12. The van der Waals surface area contributed by atoms with E-state index in [0.717, 1.165) is 11.5 Å². The van der Waals surface area contributed by atoms with Crippen molar-refractivity contribution in [3.8, 4) is 11.5 Å². The number of aryl methyl sites for hydroxylation is 1. The molecule has 3 rings (SSSR count). The summed E-state index contributed by atoms with van der Waals surface area (Å²) >= 11 is 0. The van der Waals surface area contributed by atoms with Crippen LogP contribution in [0.5, 0.6) is 0 Å². The Bertz CT molecular complexity index is 589. The molecule has 5 nitrogen and oxygen atoms in total. The number of hydrogen-bond acceptors (Lipinski definition) is 5. The molecule has 1 unspecified atom stereocenters. The van der Waals surface area contributed by atoms with E-state index in [-0.39, 0.29) is 0 Å². The summed E-state index contributed by atoms with van der Waals surface area (Å²) in [7, 11) is 2.07. The Labute approximate surface area is 125 Å². The van der Waals surface area contributed by atoms with Crippen LogP contribution >= 0.6 is 0 Å². The lowest BCUT2D eigenvalue weighted by atomic mass is 10.1. The zero-order valence-electron chi connectivity index (χ0n) is 12.6. The van der Waals surface area contributed by atoms with E-state index in [1.807, 2.05) is 24.3 Å². The molecule has 1 atom stereocenters. The van der Waals surface area contributed by atoms with Crippen LogP contribution in [0.1, 0.15) is 24.3 Å². The molecule has 1 saturated carbocycles. The van der Waals surface area contributed by atoms with Gasteiger partial charge in [0, 0.05) is 18.2 Å². The van der Waals surface area contributed by atoms with Crippen molar-refractivity contribution < 1.29 is 4.42 Å². The van der Waals surface area contributed by atoms with Crippen molar-refractivity contribution >= 4 is 0 Å². The fourth-order valence-corrected chi connectivity index (χ4v) is 2.67. The maximum absolute atomic E-state index is 5.87. The Morgan fingerprint density at radius 2 is 2.00 bits per heavy atom. The molecule has 1 aromatic carbocycles. The topological polar surface area (TPSA) is 68.2 Å². The summed E-state index contributed by atoms with van der Waals surface area (Å²) in [5, 5.41) is 8.29. The molecule has 0 amide bonds. The van der Waals surface area contributed by atoms with E-state index in [9.17, 15) is 0 Å². The van der Waals surface area contributed by atoms with Gasteiger partial charge >= 0.3 is 0 Å². The van der Waals surface area contributed by atoms with Crippen molar-refractivity contribution in [2.45, 2.75) is 32.4 Å². The fourth-order valence-electron chi connectivity index (χ4n) is 2.67. The molecule has 5 heteroatoms. The van der Waals surface area contributed by atoms with Crippen LogP contribution in [0.3, 0.4) is 0 Å². The van der Waals surface area contributed by atoms with Crippen molar-refractivity contribution in [2.75, 3.05) is 13.6 Å². The van der Waals surface area contributed by atoms with Gasteiger partial charge in [0.25, 0.3) is 0 Å². The average Bonchev–Trinajstić information content (AvgIpc) is 3.20. The van der Waals surface area contributed by atoms with Gasteiger partial charge in [0.05, 0.1) is 6.54 Å². The number of rotatable bonds is 6. The molecular weight excluding hydrogens is 264 g/mol. The standard InChI is InChI=1S/C16H22N4O/c1-11-3-5-13(6-4-11)16-19-18-15(21-16)10-20(2)14(9-17)12-7-8-12/h3-6,12,14H,7-10,17H2,1-2H3. The summed E-state index contributed by atoms with van der Waals surface area (Å²) in [5.74, 6) is 1.96. The summed E-state index contributed by atoms with van der Waals surface area (Å²) in [6.45, 7) is 3.39. The molecule has 1 aliphatic carbocycles. The van der Waals surface area contributed by atoms with Gasteiger partial charge in [0.2, 0.25) is 11.8 Å². The van der Waals surface area contributed by atoms with Crippen LogP contribution in [-0.4, -0.2) is 34.7 Å². The Morgan fingerprint density at radius 1 is 1.29 bits per heavy atom. The van der Waals surface area contributed by atoms with E-state index in [2.05, 4.69) is 29.1 Å². The Balaban J connectivity index is 1.68. The minimum Gasteiger partial charge on any atom is -0.419 e. The molecule has 1 fully saturated rings. The van der Waals surface area contributed by atoms with E-state index in [1.54, 1.807) is 0 Å². The number of nitrogens with two attached hydrogens (primary N) is 1. The maximum Gasteiger partial charge on any atom is 0.247 e. The van der Waals surface area contributed by atoms with Crippen molar-refractivity contribution in [1.82, 2.24) is 15.1 Å². The zero-order valence-corrected chi connectivity index (χ0v) is 12.6. The summed E-state index contributed by atoms with van der Waals surface area (Å²) in [4.78, 5) is 2.23. The lowest BCUT2D eigenvalue weighted by Crippen LogP contribution is -2.39. The third kappa shape index (κ3) is 3.31. The van der Waals surface area contributed by atoms with Crippen molar-refractivity contribution in [3.05, 3.63) is 35.7 Å². The highest BCUT2D eigenvalue weighted by atomic mass is 16.4. The lowest BCUT2D eigenvalue weighted by Gasteiger charge is -2.25. The smallest absolute Gasteiger partial charge is 0.247 e. The highest BCUT2D eigenvalue weighted by molar-refractivity contribution is 5.52. The molecule has 2 N–H and O–H groups in total. The predicted molar refractivity (Wildman–Crippen MR) is 81.5 cm³/mol. The minimum atomic E-state index is 0.416. The van der Waals surface area contributed by atoms with Crippen LogP contribution in [0, 0.1) is 12.8 Å². The summed E-state index contributed by atoms with van der Waals surface area (Å²) in [6, 6.07) is 8.51. The maximum atomic E-state index is 5.87. The summed E-state index contributed by atoms with van der Waals surface area (Å²) < 4.78 is 5.77. The Kier molecular flexibility index (Phi) is 4.03. The number of aromatic nitrogens is 2. The summed E-state index contributed by atoms with van der Waals surface area (Å²) in [5.41, 5.74) is 8.04. The van der Waals surface area contributed by atoms with Crippen molar-refractivity contribution in [1.29, 1.82) is 0 Å². The summed E-state index contributed by atoms with van der Waals surface area (Å²) in [6.07, 6.45) is 2.56. The normalized spacial score (nSPS) is 16.4. The molecule has 0 saturated heterocycles. The molecule has 1 aliphatic rings. The van der Waals surface area contributed by atoms with Gasteiger partial charge in [-0.3, -0.25) is 4.90 Å². The Hall–Kier alpha value is -1.72. The first-order chi connectivity index (χ1) is 10.2. The second kappa shape index (κ2) is 5.95. The fraction of sp³-hybridized carbons (Fsp3) is 0.500. The van der Waals surface area contributed by atoms with Crippen LogP contribution in [0.15, 0.2) is 28.7 Å². The van der Waals surface area contributed by atoms with Gasteiger partial charge in [-0.2, -0.15) is 0 Å². The molecule has 0 radical (unpaired) electrons. The van der Waals surface area contributed by atoms with Gasteiger partial charge in [0.1, 0.15) is 0 Å². The average molecular weight is 286 g/mol. The highest BCUT2D eigenvalue weighted by Gasteiger charge is 2.33. The molecule has 0 aliphatic heterocycles. The zero-order chi connectivity index (χ0) is 14.8.